The summed E-state index contributed by atoms with van der Waals surface area (Å²) in [4.78, 5) is 11.6. The van der Waals surface area contributed by atoms with E-state index in [1.54, 1.807) is 7.05 Å². The minimum absolute atomic E-state index is 0.229. The van der Waals surface area contributed by atoms with Crippen LogP contribution in [0.5, 0.6) is 0 Å². The number of aromatic nitrogens is 2. The Balaban J connectivity index is 2.47. The number of rotatable bonds is 5. The first-order valence-electron chi connectivity index (χ1n) is 4.80. The van der Waals surface area contributed by atoms with Crippen LogP contribution in [0.2, 0.25) is 0 Å². The predicted molar refractivity (Wildman–Crippen MR) is 56.4 cm³/mol. The van der Waals surface area contributed by atoms with E-state index in [0.29, 0.717) is 31.1 Å². The van der Waals surface area contributed by atoms with Gasteiger partial charge in [0, 0.05) is 20.2 Å². The minimum Gasteiger partial charge on any atom is -0.396 e. The van der Waals surface area contributed by atoms with Crippen LogP contribution in [-0.2, 0) is 11.8 Å². The molecule has 1 amide bonds. The molecule has 84 valence electrons. The highest BCUT2D eigenvalue weighted by atomic mass is 16.5. The normalized spacial score (nSPS) is 10.3. The monoisotopic (exact) mass is 212 g/mol. The lowest BCUT2D eigenvalue weighted by molar-refractivity contribution is 0.0914. The summed E-state index contributed by atoms with van der Waals surface area (Å²) in [7, 11) is 1.67. The first-order valence-corrected chi connectivity index (χ1v) is 4.80. The van der Waals surface area contributed by atoms with Crippen LogP contribution < -0.4 is 11.1 Å². The number of nitrogens with two attached hydrogens (primary N) is 1. The Kier molecular flexibility index (Phi) is 4.11. The molecule has 1 rings (SSSR count). The first kappa shape index (κ1) is 11.5. The Morgan fingerprint density at radius 1 is 1.73 bits per heavy atom. The number of nitrogens with one attached hydrogen (secondary N) is 1. The van der Waals surface area contributed by atoms with Gasteiger partial charge in [0.15, 0.2) is 0 Å². The molecule has 0 bridgehead atoms. The van der Waals surface area contributed by atoms with Crippen LogP contribution in [0.1, 0.15) is 17.4 Å². The van der Waals surface area contributed by atoms with Gasteiger partial charge in [0.05, 0.1) is 18.5 Å². The fraction of sp³-hybridized carbons (Fsp3) is 0.556. The minimum atomic E-state index is -0.229. The molecule has 6 nitrogen and oxygen atoms in total. The van der Waals surface area contributed by atoms with E-state index in [0.717, 1.165) is 0 Å². The SMILES string of the molecule is CCOCCNC(=O)c1c(N)cnn1C. The predicted octanol–water partition coefficient (Wildman–Crippen LogP) is -0.231. The van der Waals surface area contributed by atoms with Crippen LogP contribution in [0.3, 0.4) is 0 Å². The molecule has 15 heavy (non-hydrogen) atoms. The van der Waals surface area contributed by atoms with E-state index in [9.17, 15) is 4.79 Å². The van der Waals surface area contributed by atoms with Crippen molar-refractivity contribution in [3.8, 4) is 0 Å². The fourth-order valence-electron chi connectivity index (χ4n) is 1.20. The summed E-state index contributed by atoms with van der Waals surface area (Å²) in [6.07, 6.45) is 1.46. The zero-order valence-electron chi connectivity index (χ0n) is 8.99. The van der Waals surface area contributed by atoms with E-state index in [1.807, 2.05) is 6.92 Å². The number of amides is 1. The molecular formula is C9H16N4O2. The zero-order chi connectivity index (χ0) is 11.3. The maximum atomic E-state index is 11.6. The molecule has 0 aliphatic heterocycles. The van der Waals surface area contributed by atoms with E-state index < -0.39 is 0 Å². The molecule has 3 N–H and O–H groups in total. The summed E-state index contributed by atoms with van der Waals surface area (Å²) in [6, 6.07) is 0. The molecule has 0 unspecified atom stereocenters. The first-order chi connectivity index (χ1) is 7.16. The van der Waals surface area contributed by atoms with Crippen LogP contribution in [0.25, 0.3) is 0 Å². The van der Waals surface area contributed by atoms with Crippen LogP contribution in [0, 0.1) is 0 Å². The summed E-state index contributed by atoms with van der Waals surface area (Å²) >= 11 is 0. The van der Waals surface area contributed by atoms with Gasteiger partial charge >= 0.3 is 0 Å². The standard InChI is InChI=1S/C9H16N4O2/c1-3-15-5-4-11-9(14)8-7(10)6-12-13(8)2/h6H,3-5,10H2,1-2H3,(H,11,14). The number of nitrogen functional groups attached to an aromatic ring is 1. The number of carbonyl (C=O) groups excluding carboxylic acids is 1. The van der Waals surface area contributed by atoms with Crippen molar-refractivity contribution in [2.75, 3.05) is 25.5 Å². The maximum absolute atomic E-state index is 11.6. The summed E-state index contributed by atoms with van der Waals surface area (Å²) in [5, 5.41) is 6.58. The summed E-state index contributed by atoms with van der Waals surface area (Å²) in [6.45, 7) is 3.52. The Morgan fingerprint density at radius 3 is 3.00 bits per heavy atom. The number of aryl methyl sites for hydroxylation is 1. The quantitative estimate of drug-likeness (QED) is 0.660. The number of nitrogens with zero attached hydrogens (tertiary/aromatic N) is 2. The van der Waals surface area contributed by atoms with E-state index >= 15 is 0 Å². The summed E-state index contributed by atoms with van der Waals surface area (Å²) in [5.74, 6) is -0.229. The van der Waals surface area contributed by atoms with Crippen molar-refractivity contribution in [2.45, 2.75) is 6.92 Å². The van der Waals surface area contributed by atoms with Crippen LogP contribution in [-0.4, -0.2) is 35.4 Å². The number of hydrogen-bond acceptors (Lipinski definition) is 4. The van der Waals surface area contributed by atoms with Crippen LogP contribution in [0.15, 0.2) is 6.20 Å². The lowest BCUT2D eigenvalue weighted by atomic mass is 10.3. The molecule has 1 aromatic heterocycles. The average Bonchev–Trinajstić information content (AvgIpc) is 2.53. The van der Waals surface area contributed by atoms with Gasteiger partial charge in [0.25, 0.3) is 5.91 Å². The lowest BCUT2D eigenvalue weighted by Gasteiger charge is -2.06. The van der Waals surface area contributed by atoms with Crippen molar-refractivity contribution in [3.63, 3.8) is 0 Å². The maximum Gasteiger partial charge on any atom is 0.271 e. The second-order valence-electron chi connectivity index (χ2n) is 3.02. The summed E-state index contributed by atoms with van der Waals surface area (Å²) < 4.78 is 6.54. The van der Waals surface area contributed by atoms with Gasteiger partial charge in [-0.25, -0.2) is 0 Å². The highest BCUT2D eigenvalue weighted by molar-refractivity contribution is 5.97. The van der Waals surface area contributed by atoms with Crippen LogP contribution >= 0.6 is 0 Å². The molecule has 0 aromatic carbocycles. The number of carbonyl (C=O) groups is 1. The Hall–Kier alpha value is -1.56. The molecule has 0 radical (unpaired) electrons. The number of hydrogen-bond donors (Lipinski definition) is 2. The van der Waals surface area contributed by atoms with Crippen molar-refractivity contribution in [1.82, 2.24) is 15.1 Å². The van der Waals surface area contributed by atoms with Gasteiger partial charge in [-0.05, 0) is 6.92 Å². The van der Waals surface area contributed by atoms with E-state index in [-0.39, 0.29) is 5.91 Å². The van der Waals surface area contributed by atoms with Gasteiger partial charge in [-0.1, -0.05) is 0 Å². The molecule has 0 atom stereocenters. The molecule has 0 aliphatic rings. The molecule has 6 heteroatoms. The van der Waals surface area contributed by atoms with E-state index in [1.165, 1.54) is 10.9 Å². The van der Waals surface area contributed by atoms with E-state index in [2.05, 4.69) is 10.4 Å². The van der Waals surface area contributed by atoms with Crippen molar-refractivity contribution >= 4 is 11.6 Å². The van der Waals surface area contributed by atoms with Gasteiger partial charge in [0.2, 0.25) is 0 Å². The second-order valence-corrected chi connectivity index (χ2v) is 3.02. The van der Waals surface area contributed by atoms with Gasteiger partial charge in [-0.3, -0.25) is 9.48 Å². The van der Waals surface area contributed by atoms with Crippen molar-refractivity contribution < 1.29 is 9.53 Å². The summed E-state index contributed by atoms with van der Waals surface area (Å²) in [5.41, 5.74) is 6.36. The third kappa shape index (κ3) is 2.95. The van der Waals surface area contributed by atoms with Crippen molar-refractivity contribution in [3.05, 3.63) is 11.9 Å². The molecular weight excluding hydrogens is 196 g/mol. The fourth-order valence-corrected chi connectivity index (χ4v) is 1.20. The van der Waals surface area contributed by atoms with Crippen LogP contribution in [0.4, 0.5) is 5.69 Å². The van der Waals surface area contributed by atoms with Gasteiger partial charge in [-0.2, -0.15) is 5.10 Å². The molecule has 0 spiro atoms. The van der Waals surface area contributed by atoms with Gasteiger partial charge in [-0.15, -0.1) is 0 Å². The Labute approximate surface area is 88.4 Å². The van der Waals surface area contributed by atoms with E-state index in [4.69, 9.17) is 10.5 Å². The molecule has 0 saturated carbocycles. The Bertz CT molecular complexity index is 315. The average molecular weight is 212 g/mol. The van der Waals surface area contributed by atoms with Crippen molar-refractivity contribution in [2.24, 2.45) is 7.05 Å². The highest BCUT2D eigenvalue weighted by Gasteiger charge is 2.13. The molecule has 1 aromatic rings. The number of ether oxygens (including phenoxy) is 1. The highest BCUT2D eigenvalue weighted by Crippen LogP contribution is 2.08. The topological polar surface area (TPSA) is 82.2 Å². The smallest absolute Gasteiger partial charge is 0.271 e. The zero-order valence-corrected chi connectivity index (χ0v) is 8.99. The Morgan fingerprint density at radius 2 is 2.47 bits per heavy atom. The number of anilines is 1. The third-order valence-corrected chi connectivity index (χ3v) is 1.92. The second kappa shape index (κ2) is 5.35. The molecule has 0 fully saturated rings. The van der Waals surface area contributed by atoms with Gasteiger partial charge in [0.1, 0.15) is 5.69 Å². The molecule has 0 aliphatic carbocycles. The molecule has 0 saturated heterocycles. The van der Waals surface area contributed by atoms with Crippen molar-refractivity contribution in [1.29, 1.82) is 0 Å². The third-order valence-electron chi connectivity index (χ3n) is 1.92. The largest absolute Gasteiger partial charge is 0.396 e. The molecule has 1 heterocycles. The van der Waals surface area contributed by atoms with Gasteiger partial charge < -0.3 is 15.8 Å². The lowest BCUT2D eigenvalue weighted by Crippen LogP contribution is -2.29.